The SMILES string of the molecule is CC(C)(C)c1ccc2c(c1)c1cc(C(C)(C)C)c(-c3cccc(-c4ccccn4)c3)nc1n2-c1ccccc1. The van der Waals surface area contributed by atoms with Crippen molar-refractivity contribution in [3.63, 3.8) is 0 Å². The number of rotatable bonds is 3. The molecule has 0 saturated carbocycles. The van der Waals surface area contributed by atoms with Crippen LogP contribution >= 0.6 is 0 Å². The summed E-state index contributed by atoms with van der Waals surface area (Å²) >= 11 is 0. The minimum Gasteiger partial charge on any atom is -0.294 e. The second-order valence-electron chi connectivity index (χ2n) is 12.5. The van der Waals surface area contributed by atoms with Gasteiger partial charge in [-0.25, -0.2) is 4.98 Å². The fourth-order valence-electron chi connectivity index (χ4n) is 5.39. The van der Waals surface area contributed by atoms with Crippen molar-refractivity contribution in [2.24, 2.45) is 0 Å². The Hall–Kier alpha value is -4.24. The molecule has 6 rings (SSSR count). The average Bonchev–Trinajstić information content (AvgIpc) is 3.25. The van der Waals surface area contributed by atoms with Crippen LogP contribution in [0.1, 0.15) is 52.7 Å². The number of pyridine rings is 2. The number of aromatic nitrogens is 3. The summed E-state index contributed by atoms with van der Waals surface area (Å²) in [6, 6.07) is 34.5. The van der Waals surface area contributed by atoms with Gasteiger partial charge in [-0.1, -0.05) is 90.1 Å². The summed E-state index contributed by atoms with van der Waals surface area (Å²) in [6.45, 7) is 13.7. The van der Waals surface area contributed by atoms with Crippen molar-refractivity contribution in [3.8, 4) is 28.2 Å². The van der Waals surface area contributed by atoms with Crippen LogP contribution in [0, 0.1) is 0 Å². The van der Waals surface area contributed by atoms with Crippen LogP contribution in [-0.4, -0.2) is 14.5 Å². The third-order valence-corrected chi connectivity index (χ3v) is 7.53. The minimum absolute atomic E-state index is 0.0570. The van der Waals surface area contributed by atoms with E-state index < -0.39 is 0 Å². The quantitative estimate of drug-likeness (QED) is 0.238. The van der Waals surface area contributed by atoms with Gasteiger partial charge in [-0.3, -0.25) is 9.55 Å². The molecule has 0 spiro atoms. The maximum absolute atomic E-state index is 5.49. The van der Waals surface area contributed by atoms with Crippen molar-refractivity contribution in [1.82, 2.24) is 14.5 Å². The number of nitrogens with zero attached hydrogens (tertiary/aromatic N) is 3. The molecule has 0 radical (unpaired) electrons. The van der Waals surface area contributed by atoms with Crippen molar-refractivity contribution < 1.29 is 0 Å². The van der Waals surface area contributed by atoms with Gasteiger partial charge in [0.1, 0.15) is 5.65 Å². The van der Waals surface area contributed by atoms with E-state index in [9.17, 15) is 0 Å². The molecule has 0 bridgehead atoms. The highest BCUT2D eigenvalue weighted by molar-refractivity contribution is 6.09. The molecule has 39 heavy (non-hydrogen) atoms. The van der Waals surface area contributed by atoms with Crippen LogP contribution in [0.15, 0.2) is 103 Å². The van der Waals surface area contributed by atoms with Gasteiger partial charge < -0.3 is 0 Å². The van der Waals surface area contributed by atoms with E-state index in [-0.39, 0.29) is 10.8 Å². The predicted octanol–water partition coefficient (Wildman–Crippen LogP) is 9.50. The molecule has 0 aliphatic heterocycles. The largest absolute Gasteiger partial charge is 0.294 e. The van der Waals surface area contributed by atoms with Crippen molar-refractivity contribution >= 4 is 21.9 Å². The van der Waals surface area contributed by atoms with Crippen LogP contribution in [-0.2, 0) is 10.8 Å². The third-order valence-electron chi connectivity index (χ3n) is 7.53. The zero-order valence-electron chi connectivity index (χ0n) is 23.7. The third kappa shape index (κ3) is 4.52. The van der Waals surface area contributed by atoms with Gasteiger partial charge in [-0.05, 0) is 70.5 Å². The van der Waals surface area contributed by atoms with Crippen LogP contribution in [0.25, 0.3) is 50.1 Å². The second-order valence-corrected chi connectivity index (χ2v) is 12.5. The Balaban J connectivity index is 1.70. The normalized spacial score (nSPS) is 12.4. The first kappa shape index (κ1) is 25.1. The van der Waals surface area contributed by atoms with Crippen LogP contribution in [0.3, 0.4) is 0 Å². The predicted molar refractivity (Wildman–Crippen MR) is 165 cm³/mol. The van der Waals surface area contributed by atoms with Crippen molar-refractivity contribution in [2.75, 3.05) is 0 Å². The first-order chi connectivity index (χ1) is 18.6. The first-order valence-electron chi connectivity index (χ1n) is 13.7. The summed E-state index contributed by atoms with van der Waals surface area (Å²) in [5.41, 5.74) is 9.97. The number of benzene rings is 3. The zero-order valence-corrected chi connectivity index (χ0v) is 23.7. The van der Waals surface area contributed by atoms with Crippen molar-refractivity contribution in [1.29, 1.82) is 0 Å². The van der Waals surface area contributed by atoms with Crippen LogP contribution in [0.5, 0.6) is 0 Å². The van der Waals surface area contributed by atoms with Gasteiger partial charge in [0.05, 0.1) is 16.9 Å². The van der Waals surface area contributed by atoms with E-state index >= 15 is 0 Å². The van der Waals surface area contributed by atoms with Gasteiger partial charge in [0.25, 0.3) is 0 Å². The summed E-state index contributed by atoms with van der Waals surface area (Å²) < 4.78 is 2.32. The average molecular weight is 510 g/mol. The fourth-order valence-corrected chi connectivity index (χ4v) is 5.39. The summed E-state index contributed by atoms with van der Waals surface area (Å²) in [5, 5.41) is 2.43. The molecule has 3 aromatic carbocycles. The topological polar surface area (TPSA) is 30.7 Å². The molecule has 0 saturated heterocycles. The van der Waals surface area contributed by atoms with E-state index in [2.05, 4.69) is 136 Å². The number of hydrogen-bond acceptors (Lipinski definition) is 2. The molecule has 0 aliphatic carbocycles. The van der Waals surface area contributed by atoms with E-state index in [1.54, 1.807) is 0 Å². The molecule has 3 heteroatoms. The second kappa shape index (κ2) is 9.20. The van der Waals surface area contributed by atoms with Crippen molar-refractivity contribution in [2.45, 2.75) is 52.4 Å². The maximum atomic E-state index is 5.49. The van der Waals surface area contributed by atoms with Crippen molar-refractivity contribution in [3.05, 3.63) is 114 Å². The highest BCUT2D eigenvalue weighted by Gasteiger charge is 2.25. The van der Waals surface area contributed by atoms with E-state index in [1.807, 2.05) is 18.3 Å². The Morgan fingerprint density at radius 1 is 0.615 bits per heavy atom. The fraction of sp³-hybridized carbons (Fsp3) is 0.222. The van der Waals surface area contributed by atoms with Gasteiger partial charge in [0.2, 0.25) is 0 Å². The molecular weight excluding hydrogens is 474 g/mol. The van der Waals surface area contributed by atoms with Gasteiger partial charge >= 0.3 is 0 Å². The standard InChI is InChI=1S/C36H35N3/c1-35(2,3)26-18-19-32-28(22-26)29-23-30(36(4,5)6)33(38-34(29)39(32)27-15-8-7-9-16-27)25-14-12-13-24(21-25)31-17-10-11-20-37-31/h7-23H,1-6H3. The highest BCUT2D eigenvalue weighted by atomic mass is 15.0. The Morgan fingerprint density at radius 2 is 1.36 bits per heavy atom. The lowest BCUT2D eigenvalue weighted by atomic mass is 9.83. The molecule has 0 unspecified atom stereocenters. The summed E-state index contributed by atoms with van der Waals surface area (Å²) in [4.78, 5) is 10.1. The Morgan fingerprint density at radius 3 is 2.05 bits per heavy atom. The van der Waals surface area contributed by atoms with Gasteiger partial charge in [-0.2, -0.15) is 0 Å². The molecule has 0 aliphatic rings. The lowest BCUT2D eigenvalue weighted by Crippen LogP contribution is -2.14. The summed E-state index contributed by atoms with van der Waals surface area (Å²) in [5.74, 6) is 0. The Bertz CT molecular complexity index is 1800. The maximum Gasteiger partial charge on any atom is 0.146 e. The van der Waals surface area contributed by atoms with Gasteiger partial charge in [0.15, 0.2) is 0 Å². The molecule has 0 N–H and O–H groups in total. The monoisotopic (exact) mass is 509 g/mol. The lowest BCUT2D eigenvalue weighted by Gasteiger charge is -2.23. The first-order valence-corrected chi connectivity index (χ1v) is 13.7. The molecule has 3 heterocycles. The minimum atomic E-state index is -0.0969. The number of hydrogen-bond donors (Lipinski definition) is 0. The van der Waals surface area contributed by atoms with E-state index in [4.69, 9.17) is 4.98 Å². The summed E-state index contributed by atoms with van der Waals surface area (Å²) in [6.07, 6.45) is 1.84. The Kier molecular flexibility index (Phi) is 5.91. The van der Waals surface area contributed by atoms with Gasteiger partial charge in [0, 0.05) is 33.8 Å². The van der Waals surface area contributed by atoms with E-state index in [0.29, 0.717) is 0 Å². The Labute approximate surface area is 231 Å². The highest BCUT2D eigenvalue weighted by Crippen LogP contribution is 2.40. The van der Waals surface area contributed by atoms with E-state index in [0.717, 1.165) is 33.8 Å². The van der Waals surface area contributed by atoms with Crippen LogP contribution in [0.2, 0.25) is 0 Å². The molecule has 6 aromatic rings. The van der Waals surface area contributed by atoms with Gasteiger partial charge in [-0.15, -0.1) is 0 Å². The van der Waals surface area contributed by atoms with Crippen LogP contribution in [0.4, 0.5) is 0 Å². The summed E-state index contributed by atoms with van der Waals surface area (Å²) in [7, 11) is 0. The lowest BCUT2D eigenvalue weighted by molar-refractivity contribution is 0.590. The zero-order chi connectivity index (χ0) is 27.4. The molecule has 0 fully saturated rings. The van der Waals surface area contributed by atoms with E-state index in [1.165, 1.54) is 27.4 Å². The van der Waals surface area contributed by atoms with Crippen LogP contribution < -0.4 is 0 Å². The molecule has 0 amide bonds. The molecule has 3 aromatic heterocycles. The molecule has 0 atom stereocenters. The number of para-hydroxylation sites is 1. The molecule has 194 valence electrons. The number of fused-ring (bicyclic) bond motifs is 3. The smallest absolute Gasteiger partial charge is 0.146 e. The molecule has 3 nitrogen and oxygen atoms in total. The molecular formula is C36H35N3.